The van der Waals surface area contributed by atoms with Crippen molar-refractivity contribution in [3.63, 3.8) is 0 Å². The van der Waals surface area contributed by atoms with Gasteiger partial charge in [-0.05, 0) is 35.4 Å². The van der Waals surface area contributed by atoms with E-state index in [4.69, 9.17) is 9.73 Å². The molecule has 0 atom stereocenters. The number of nitrogens with zero attached hydrogens (tertiary/aromatic N) is 4. The lowest BCUT2D eigenvalue weighted by atomic mass is 10.1. The van der Waals surface area contributed by atoms with Crippen LogP contribution in [0.4, 0.5) is 10.1 Å². The number of ether oxygens (including phenoxy) is 1. The van der Waals surface area contributed by atoms with Gasteiger partial charge in [0.05, 0.1) is 31.8 Å². The van der Waals surface area contributed by atoms with Gasteiger partial charge < -0.3 is 19.2 Å². The summed E-state index contributed by atoms with van der Waals surface area (Å²) < 4.78 is 21.0. The van der Waals surface area contributed by atoms with Crippen LogP contribution in [-0.2, 0) is 24.2 Å². The summed E-state index contributed by atoms with van der Waals surface area (Å²) >= 11 is 1.63. The maximum atomic E-state index is 13.2. The molecule has 0 saturated carbocycles. The smallest absolute Gasteiger partial charge is 0.185 e. The van der Waals surface area contributed by atoms with Gasteiger partial charge in [0, 0.05) is 49.0 Å². The summed E-state index contributed by atoms with van der Waals surface area (Å²) in [6, 6.07) is 15.3. The summed E-state index contributed by atoms with van der Waals surface area (Å²) in [4.78, 5) is 15.5. The highest BCUT2D eigenvalue weighted by molar-refractivity contribution is 7.07. The zero-order chi connectivity index (χ0) is 22.5. The zero-order valence-corrected chi connectivity index (χ0v) is 19.1. The first-order valence-electron chi connectivity index (χ1n) is 11.1. The van der Waals surface area contributed by atoms with E-state index in [0.29, 0.717) is 6.54 Å². The Morgan fingerprint density at radius 1 is 1.06 bits per heavy atom. The first kappa shape index (κ1) is 21.6. The number of benzene rings is 2. The number of aryl methyl sites for hydroxylation is 1. The molecule has 6 nitrogen and oxygen atoms in total. The quantitative estimate of drug-likeness (QED) is 0.446. The molecule has 3 heterocycles. The fraction of sp³-hybridized carbons (Fsp3) is 0.280. The van der Waals surface area contributed by atoms with Crippen LogP contribution in [0.1, 0.15) is 11.3 Å². The third-order valence-corrected chi connectivity index (χ3v) is 6.71. The molecule has 0 amide bonds. The number of anilines is 1. The number of aromatic amines is 1. The van der Waals surface area contributed by atoms with Gasteiger partial charge >= 0.3 is 0 Å². The summed E-state index contributed by atoms with van der Waals surface area (Å²) in [5.74, 6) is -0.229. The Labute approximate surface area is 196 Å². The van der Waals surface area contributed by atoms with E-state index in [9.17, 15) is 4.39 Å². The summed E-state index contributed by atoms with van der Waals surface area (Å²) in [7, 11) is 0. The number of halogens is 1. The van der Waals surface area contributed by atoms with Crippen LogP contribution in [0, 0.1) is 5.82 Å². The molecule has 1 N–H and O–H groups in total. The minimum atomic E-state index is -0.229. The van der Waals surface area contributed by atoms with Gasteiger partial charge in [-0.3, -0.25) is 4.99 Å². The standard InChI is InChI=1S/C25H26FN5OS/c26-21-5-1-19(2-6-21)15-28-25-31(10-9-22-16-27-18-29-22)24(17-33-25)20-3-7-23(8-4-20)30-11-13-32-14-12-30/h1-8,16-18H,9-15H2,(H,27,29). The number of imidazole rings is 1. The van der Waals surface area contributed by atoms with Gasteiger partial charge in [0.1, 0.15) is 5.82 Å². The van der Waals surface area contributed by atoms with Crippen LogP contribution in [0.25, 0.3) is 11.3 Å². The van der Waals surface area contributed by atoms with Gasteiger partial charge in [-0.25, -0.2) is 9.37 Å². The Hall–Kier alpha value is -3.23. The first-order valence-corrected chi connectivity index (χ1v) is 12.0. The molecule has 0 spiro atoms. The number of thiazole rings is 1. The second kappa shape index (κ2) is 10.1. The number of morpholine rings is 1. The molecule has 2 aromatic heterocycles. The number of rotatable bonds is 7. The highest BCUT2D eigenvalue weighted by Crippen LogP contribution is 2.25. The molecule has 4 aromatic rings. The third-order valence-electron chi connectivity index (χ3n) is 5.81. The normalized spacial score (nSPS) is 14.7. The van der Waals surface area contributed by atoms with E-state index in [0.717, 1.165) is 66.6 Å². The van der Waals surface area contributed by atoms with E-state index in [2.05, 4.69) is 49.1 Å². The molecular weight excluding hydrogens is 437 g/mol. The summed E-state index contributed by atoms with van der Waals surface area (Å²) in [6.07, 6.45) is 4.40. The minimum Gasteiger partial charge on any atom is -0.378 e. The second-order valence-corrected chi connectivity index (χ2v) is 8.81. The summed E-state index contributed by atoms with van der Waals surface area (Å²) in [5, 5.41) is 2.17. The van der Waals surface area contributed by atoms with Crippen molar-refractivity contribution < 1.29 is 9.13 Å². The minimum absolute atomic E-state index is 0.229. The van der Waals surface area contributed by atoms with Crippen LogP contribution in [0.15, 0.2) is 71.4 Å². The van der Waals surface area contributed by atoms with Crippen LogP contribution >= 0.6 is 11.3 Å². The topological polar surface area (TPSA) is 58.4 Å². The molecule has 0 radical (unpaired) electrons. The third kappa shape index (κ3) is 5.23. The van der Waals surface area contributed by atoms with E-state index in [1.807, 2.05) is 6.20 Å². The number of hydrogen-bond donors (Lipinski definition) is 1. The number of aromatic nitrogens is 3. The number of hydrogen-bond acceptors (Lipinski definition) is 5. The fourth-order valence-corrected chi connectivity index (χ4v) is 4.90. The lowest BCUT2D eigenvalue weighted by molar-refractivity contribution is 0.122. The van der Waals surface area contributed by atoms with Gasteiger partial charge in [0.15, 0.2) is 4.80 Å². The van der Waals surface area contributed by atoms with Crippen molar-refractivity contribution in [3.05, 3.63) is 88.3 Å². The average molecular weight is 464 g/mol. The molecule has 0 aliphatic carbocycles. The summed E-state index contributed by atoms with van der Waals surface area (Å²) in [5.41, 5.74) is 5.61. The highest BCUT2D eigenvalue weighted by atomic mass is 32.1. The van der Waals surface area contributed by atoms with Crippen LogP contribution in [0.2, 0.25) is 0 Å². The van der Waals surface area contributed by atoms with Crippen molar-refractivity contribution in [2.45, 2.75) is 19.5 Å². The van der Waals surface area contributed by atoms with E-state index in [1.165, 1.54) is 17.8 Å². The molecule has 8 heteroatoms. The van der Waals surface area contributed by atoms with Crippen molar-refractivity contribution in [1.82, 2.24) is 14.5 Å². The lowest BCUT2D eigenvalue weighted by Gasteiger charge is -2.28. The Bertz CT molecular complexity index is 1220. The number of H-pyrrole nitrogens is 1. The van der Waals surface area contributed by atoms with Crippen LogP contribution in [0.3, 0.4) is 0 Å². The SMILES string of the molecule is Fc1ccc(CN=c2scc(-c3ccc(N4CCOCC4)cc3)n2CCc2cnc[nH]2)cc1. The molecule has 33 heavy (non-hydrogen) atoms. The maximum absolute atomic E-state index is 13.2. The molecule has 170 valence electrons. The van der Waals surface area contributed by atoms with Crippen molar-refractivity contribution >= 4 is 17.0 Å². The van der Waals surface area contributed by atoms with Gasteiger partial charge in [-0.1, -0.05) is 24.3 Å². The zero-order valence-electron chi connectivity index (χ0n) is 18.3. The van der Waals surface area contributed by atoms with E-state index >= 15 is 0 Å². The maximum Gasteiger partial charge on any atom is 0.185 e. The van der Waals surface area contributed by atoms with Crippen LogP contribution in [0.5, 0.6) is 0 Å². The van der Waals surface area contributed by atoms with Gasteiger partial charge in [-0.2, -0.15) is 0 Å². The Balaban J connectivity index is 1.43. The van der Waals surface area contributed by atoms with Crippen LogP contribution < -0.4 is 9.70 Å². The molecule has 1 saturated heterocycles. The van der Waals surface area contributed by atoms with Crippen molar-refractivity contribution in [2.24, 2.45) is 4.99 Å². The van der Waals surface area contributed by atoms with E-state index in [1.54, 1.807) is 29.8 Å². The molecule has 1 fully saturated rings. The Morgan fingerprint density at radius 3 is 2.58 bits per heavy atom. The lowest BCUT2D eigenvalue weighted by Crippen LogP contribution is -2.36. The largest absolute Gasteiger partial charge is 0.378 e. The fourth-order valence-electron chi connectivity index (χ4n) is 3.97. The number of nitrogens with one attached hydrogen (secondary N) is 1. The van der Waals surface area contributed by atoms with E-state index < -0.39 is 0 Å². The van der Waals surface area contributed by atoms with Gasteiger partial charge in [0.2, 0.25) is 0 Å². The molecule has 1 aliphatic heterocycles. The first-order chi connectivity index (χ1) is 16.3. The second-order valence-electron chi connectivity index (χ2n) is 7.97. The molecule has 5 rings (SSSR count). The monoisotopic (exact) mass is 463 g/mol. The predicted molar refractivity (Wildman–Crippen MR) is 129 cm³/mol. The average Bonchev–Trinajstić information content (AvgIpc) is 3.53. The molecule has 0 bridgehead atoms. The van der Waals surface area contributed by atoms with Crippen molar-refractivity contribution in [2.75, 3.05) is 31.2 Å². The van der Waals surface area contributed by atoms with Crippen molar-refractivity contribution in [3.8, 4) is 11.3 Å². The highest BCUT2D eigenvalue weighted by Gasteiger charge is 2.13. The Morgan fingerprint density at radius 2 is 1.85 bits per heavy atom. The summed E-state index contributed by atoms with van der Waals surface area (Å²) in [6.45, 7) is 4.70. The van der Waals surface area contributed by atoms with Crippen LogP contribution in [-0.4, -0.2) is 40.8 Å². The Kier molecular flexibility index (Phi) is 6.64. The molecular formula is C25H26FN5OS. The van der Waals surface area contributed by atoms with E-state index in [-0.39, 0.29) is 5.82 Å². The predicted octanol–water partition coefficient (Wildman–Crippen LogP) is 4.26. The van der Waals surface area contributed by atoms with Gasteiger partial charge in [-0.15, -0.1) is 11.3 Å². The molecule has 0 unspecified atom stereocenters. The van der Waals surface area contributed by atoms with Gasteiger partial charge in [0.25, 0.3) is 0 Å². The van der Waals surface area contributed by atoms with Crippen molar-refractivity contribution in [1.29, 1.82) is 0 Å². The molecule has 2 aromatic carbocycles. The molecule has 1 aliphatic rings.